The highest BCUT2D eigenvalue weighted by atomic mass is 16.5. The van der Waals surface area contributed by atoms with Crippen LogP contribution in [0.3, 0.4) is 0 Å². The Balaban J connectivity index is 2.73. The minimum absolute atomic E-state index is 0.0547. The van der Waals surface area contributed by atoms with Gasteiger partial charge in [-0.3, -0.25) is 14.4 Å². The number of rotatable bonds is 7. The predicted molar refractivity (Wildman–Crippen MR) is 81.8 cm³/mol. The van der Waals surface area contributed by atoms with Crippen LogP contribution in [-0.2, 0) is 19.1 Å². The molecule has 22 heavy (non-hydrogen) atoms. The lowest BCUT2D eigenvalue weighted by Crippen LogP contribution is -2.39. The van der Waals surface area contributed by atoms with Gasteiger partial charge in [0.15, 0.2) is 0 Å². The minimum atomic E-state index is -0.457. The van der Waals surface area contributed by atoms with E-state index in [1.54, 1.807) is 6.92 Å². The van der Waals surface area contributed by atoms with E-state index in [4.69, 9.17) is 0 Å². The average molecular weight is 306 g/mol. The molecule has 0 aliphatic rings. The maximum Gasteiger partial charge on any atom is 0.307 e. The molecule has 0 bridgehead atoms. The van der Waals surface area contributed by atoms with E-state index in [-0.39, 0.29) is 24.8 Å². The molecule has 0 saturated heterocycles. The molecule has 120 valence electrons. The summed E-state index contributed by atoms with van der Waals surface area (Å²) < 4.78 is 4.68. The molecule has 0 fully saturated rings. The molecule has 6 heteroatoms. The SMILES string of the molecule is COC(=O)C[C@H](NC(=O)[C@@H](C)CNC(C)=O)c1ccccc1. The van der Waals surface area contributed by atoms with Crippen molar-refractivity contribution in [3.63, 3.8) is 0 Å². The second-order valence-corrected chi connectivity index (χ2v) is 5.09. The van der Waals surface area contributed by atoms with Crippen molar-refractivity contribution >= 4 is 17.8 Å². The first-order chi connectivity index (χ1) is 10.4. The molecule has 1 aromatic rings. The lowest BCUT2D eigenvalue weighted by Gasteiger charge is -2.21. The van der Waals surface area contributed by atoms with Crippen LogP contribution in [0.2, 0.25) is 0 Å². The van der Waals surface area contributed by atoms with Gasteiger partial charge in [-0.2, -0.15) is 0 Å². The molecule has 0 aromatic heterocycles. The third kappa shape index (κ3) is 5.95. The number of nitrogens with one attached hydrogen (secondary N) is 2. The van der Waals surface area contributed by atoms with Gasteiger partial charge in [0.25, 0.3) is 0 Å². The van der Waals surface area contributed by atoms with E-state index in [9.17, 15) is 14.4 Å². The Labute approximate surface area is 130 Å². The predicted octanol–water partition coefficient (Wildman–Crippen LogP) is 1.18. The van der Waals surface area contributed by atoms with E-state index >= 15 is 0 Å². The van der Waals surface area contributed by atoms with Crippen molar-refractivity contribution in [1.29, 1.82) is 0 Å². The van der Waals surface area contributed by atoms with Gasteiger partial charge in [0.05, 0.1) is 25.5 Å². The van der Waals surface area contributed by atoms with Gasteiger partial charge < -0.3 is 15.4 Å². The molecule has 0 saturated carbocycles. The monoisotopic (exact) mass is 306 g/mol. The number of esters is 1. The molecule has 1 rings (SSSR count). The van der Waals surface area contributed by atoms with Gasteiger partial charge in [0.1, 0.15) is 0 Å². The zero-order valence-corrected chi connectivity index (χ0v) is 13.1. The number of methoxy groups -OCH3 is 1. The second-order valence-electron chi connectivity index (χ2n) is 5.09. The summed E-state index contributed by atoms with van der Waals surface area (Å²) in [4.78, 5) is 34.6. The van der Waals surface area contributed by atoms with Crippen molar-refractivity contribution < 1.29 is 19.1 Å². The maximum absolute atomic E-state index is 12.2. The van der Waals surface area contributed by atoms with Crippen molar-refractivity contribution in [2.45, 2.75) is 26.3 Å². The first-order valence-corrected chi connectivity index (χ1v) is 7.10. The maximum atomic E-state index is 12.2. The van der Waals surface area contributed by atoms with Gasteiger partial charge in [-0.15, -0.1) is 0 Å². The zero-order chi connectivity index (χ0) is 16.5. The topological polar surface area (TPSA) is 84.5 Å². The fraction of sp³-hybridized carbons (Fsp3) is 0.438. The van der Waals surface area contributed by atoms with Crippen LogP contribution in [0.25, 0.3) is 0 Å². The molecular weight excluding hydrogens is 284 g/mol. The molecule has 2 N–H and O–H groups in total. The lowest BCUT2D eigenvalue weighted by molar-refractivity contribution is -0.141. The van der Waals surface area contributed by atoms with Crippen molar-refractivity contribution in [2.75, 3.05) is 13.7 Å². The fourth-order valence-electron chi connectivity index (χ4n) is 1.89. The molecule has 0 heterocycles. The Hall–Kier alpha value is -2.37. The Morgan fingerprint density at radius 3 is 2.36 bits per heavy atom. The van der Waals surface area contributed by atoms with Crippen LogP contribution >= 0.6 is 0 Å². The molecule has 0 aliphatic heterocycles. The number of ether oxygens (including phenoxy) is 1. The third-order valence-corrected chi connectivity index (χ3v) is 3.22. The van der Waals surface area contributed by atoms with Crippen LogP contribution in [0.5, 0.6) is 0 Å². The van der Waals surface area contributed by atoms with E-state index in [0.29, 0.717) is 0 Å². The molecule has 0 spiro atoms. The quantitative estimate of drug-likeness (QED) is 0.741. The van der Waals surface area contributed by atoms with Crippen molar-refractivity contribution in [1.82, 2.24) is 10.6 Å². The number of amides is 2. The average Bonchev–Trinajstić information content (AvgIpc) is 2.52. The molecule has 2 amide bonds. The Kier molecular flexibility index (Phi) is 7.08. The summed E-state index contributed by atoms with van der Waals surface area (Å²) in [6.45, 7) is 3.36. The molecular formula is C16H22N2O4. The number of hydrogen-bond donors (Lipinski definition) is 2. The molecule has 1 aromatic carbocycles. The van der Waals surface area contributed by atoms with Gasteiger partial charge >= 0.3 is 5.97 Å². The van der Waals surface area contributed by atoms with Gasteiger partial charge in [-0.05, 0) is 5.56 Å². The summed E-state index contributed by atoms with van der Waals surface area (Å²) in [5, 5.41) is 5.43. The Bertz CT molecular complexity index is 516. The smallest absolute Gasteiger partial charge is 0.307 e. The molecule has 6 nitrogen and oxygen atoms in total. The summed E-state index contributed by atoms with van der Waals surface area (Å²) in [6.07, 6.45) is 0.0547. The molecule has 0 radical (unpaired) electrons. The summed E-state index contributed by atoms with van der Waals surface area (Å²) >= 11 is 0. The largest absolute Gasteiger partial charge is 0.469 e. The second kappa shape index (κ2) is 8.81. The van der Waals surface area contributed by atoms with E-state index in [1.165, 1.54) is 14.0 Å². The Morgan fingerprint density at radius 2 is 1.82 bits per heavy atom. The van der Waals surface area contributed by atoms with Crippen LogP contribution in [0.4, 0.5) is 0 Å². The number of carbonyl (C=O) groups is 3. The van der Waals surface area contributed by atoms with Gasteiger partial charge in [-0.1, -0.05) is 37.3 Å². The number of hydrogen-bond acceptors (Lipinski definition) is 4. The van der Waals surface area contributed by atoms with E-state index in [2.05, 4.69) is 15.4 Å². The van der Waals surface area contributed by atoms with E-state index in [1.807, 2.05) is 30.3 Å². The first-order valence-electron chi connectivity index (χ1n) is 7.10. The number of benzene rings is 1. The molecule has 0 unspecified atom stereocenters. The summed E-state index contributed by atoms with van der Waals surface area (Å²) in [6, 6.07) is 8.76. The summed E-state index contributed by atoms with van der Waals surface area (Å²) in [5.41, 5.74) is 0.827. The highest BCUT2D eigenvalue weighted by Gasteiger charge is 2.21. The van der Waals surface area contributed by atoms with Gasteiger partial charge in [-0.25, -0.2) is 0 Å². The van der Waals surface area contributed by atoms with Crippen molar-refractivity contribution in [3.8, 4) is 0 Å². The van der Waals surface area contributed by atoms with Crippen LogP contribution in [0.1, 0.15) is 31.9 Å². The number of carbonyl (C=O) groups excluding carboxylic acids is 3. The van der Waals surface area contributed by atoms with E-state index < -0.39 is 17.9 Å². The van der Waals surface area contributed by atoms with Crippen LogP contribution in [-0.4, -0.2) is 31.4 Å². The minimum Gasteiger partial charge on any atom is -0.469 e. The van der Waals surface area contributed by atoms with Crippen LogP contribution < -0.4 is 10.6 Å². The van der Waals surface area contributed by atoms with Gasteiger partial charge in [0.2, 0.25) is 11.8 Å². The normalized spacial score (nSPS) is 12.9. The molecule has 0 aliphatic carbocycles. The Morgan fingerprint density at radius 1 is 1.18 bits per heavy atom. The van der Waals surface area contributed by atoms with Crippen LogP contribution in [0, 0.1) is 5.92 Å². The van der Waals surface area contributed by atoms with Crippen LogP contribution in [0.15, 0.2) is 30.3 Å². The van der Waals surface area contributed by atoms with Crippen molar-refractivity contribution in [3.05, 3.63) is 35.9 Å². The lowest BCUT2D eigenvalue weighted by atomic mass is 10.0. The standard InChI is InChI=1S/C16H22N2O4/c1-11(10-17-12(2)19)16(21)18-14(9-15(20)22-3)13-7-5-4-6-8-13/h4-8,11,14H,9-10H2,1-3H3,(H,17,19)(H,18,21)/t11-,14-/m0/s1. The summed E-state index contributed by atoms with van der Waals surface area (Å²) in [5.74, 6) is -1.21. The highest BCUT2D eigenvalue weighted by Crippen LogP contribution is 2.17. The fourth-order valence-corrected chi connectivity index (χ4v) is 1.89. The molecule has 2 atom stereocenters. The van der Waals surface area contributed by atoms with Gasteiger partial charge in [0, 0.05) is 13.5 Å². The third-order valence-electron chi connectivity index (χ3n) is 3.22. The first kappa shape index (κ1) is 17.7. The highest BCUT2D eigenvalue weighted by molar-refractivity contribution is 5.81. The van der Waals surface area contributed by atoms with Crippen molar-refractivity contribution in [2.24, 2.45) is 5.92 Å². The summed E-state index contributed by atoms with van der Waals surface area (Å²) in [7, 11) is 1.31. The zero-order valence-electron chi connectivity index (χ0n) is 13.1. The van der Waals surface area contributed by atoms with E-state index in [0.717, 1.165) is 5.56 Å².